The Morgan fingerprint density at radius 2 is 1.27 bits per heavy atom. The Hall–Kier alpha value is 0.163. The van der Waals surface area contributed by atoms with Gasteiger partial charge in [-0.15, -0.1) is 26.0 Å². The second-order valence-corrected chi connectivity index (χ2v) is 5.81. The van der Waals surface area contributed by atoms with Crippen molar-refractivity contribution in [2.45, 2.75) is 12.8 Å². The van der Waals surface area contributed by atoms with Gasteiger partial charge in [-0.25, -0.2) is 24.3 Å². The van der Waals surface area contributed by atoms with E-state index in [1.54, 1.807) is 0 Å². The van der Waals surface area contributed by atoms with Crippen molar-refractivity contribution in [1.29, 1.82) is 0 Å². The van der Waals surface area contributed by atoms with Gasteiger partial charge in [-0.3, -0.25) is 12.2 Å². The van der Waals surface area contributed by atoms with Gasteiger partial charge in [0.15, 0.2) is 0 Å². The first-order valence-corrected chi connectivity index (χ1v) is 10.6. The van der Waals surface area contributed by atoms with Crippen LogP contribution in [0.25, 0.3) is 0 Å². The van der Waals surface area contributed by atoms with Crippen LogP contribution in [0.15, 0.2) is 49.6 Å². The van der Waals surface area contributed by atoms with E-state index in [4.69, 9.17) is 17.0 Å². The molecule has 0 atom stereocenters. The average Bonchev–Trinajstić information content (AvgIpc) is 3.01. The van der Waals surface area contributed by atoms with Crippen LogP contribution in [0.5, 0.6) is 0 Å². The SMILES string of the molecule is C=C.[C-]1=CC=CC1.[C-]1=CC=CC1.[Cl][Zr+2][Cl]. The van der Waals surface area contributed by atoms with E-state index in [1.807, 2.05) is 24.3 Å². The van der Waals surface area contributed by atoms with Crippen LogP contribution in [-0.2, 0) is 20.8 Å². The summed E-state index contributed by atoms with van der Waals surface area (Å²) in [6.07, 6.45) is 20.0. The molecule has 0 aliphatic heterocycles. The summed E-state index contributed by atoms with van der Waals surface area (Å²) in [5.41, 5.74) is 0. The minimum atomic E-state index is -0.826. The predicted molar refractivity (Wildman–Crippen MR) is 66.1 cm³/mol. The van der Waals surface area contributed by atoms with Crippen molar-refractivity contribution in [2.24, 2.45) is 0 Å². The molecule has 0 unspecified atom stereocenters. The molecule has 0 spiro atoms. The van der Waals surface area contributed by atoms with Gasteiger partial charge < -0.3 is 0 Å². The summed E-state index contributed by atoms with van der Waals surface area (Å²) >= 11 is -0.826. The standard InChI is InChI=1S/2C5H5.C2H4.2ClH.Zr/c2*1-2-4-5-3-1;1-2;;;/h2*1-3H,4H2;1-2H2;2*1H;/q2*-1;;;;+4/p-2. The summed E-state index contributed by atoms with van der Waals surface area (Å²) in [5.74, 6) is 0. The molecule has 0 saturated carbocycles. The fourth-order valence-corrected chi connectivity index (χ4v) is 0.680. The molecule has 80 valence electrons. The summed E-state index contributed by atoms with van der Waals surface area (Å²) in [7, 11) is 9.87. The molecule has 15 heavy (non-hydrogen) atoms. The van der Waals surface area contributed by atoms with Crippen molar-refractivity contribution < 1.29 is 20.8 Å². The first-order chi connectivity index (χ1) is 7.41. The average molecular weight is 320 g/mol. The van der Waals surface area contributed by atoms with Crippen molar-refractivity contribution in [3.63, 3.8) is 0 Å². The number of rotatable bonds is 0. The van der Waals surface area contributed by atoms with Crippen molar-refractivity contribution in [2.75, 3.05) is 0 Å². The topological polar surface area (TPSA) is 0 Å². The molecule has 0 aromatic rings. The molecule has 0 bridgehead atoms. The Kier molecular flexibility index (Phi) is 23.0. The monoisotopic (exact) mass is 318 g/mol. The third kappa shape index (κ3) is 20.3. The first-order valence-electron chi connectivity index (χ1n) is 4.31. The molecule has 3 heteroatoms. The van der Waals surface area contributed by atoms with Gasteiger partial charge in [0.1, 0.15) is 0 Å². The number of hydrogen-bond acceptors (Lipinski definition) is 0. The van der Waals surface area contributed by atoms with E-state index in [9.17, 15) is 0 Å². The van der Waals surface area contributed by atoms with Crippen LogP contribution < -0.4 is 0 Å². The van der Waals surface area contributed by atoms with Crippen LogP contribution in [0, 0.1) is 12.2 Å². The molecule has 0 N–H and O–H groups in total. The van der Waals surface area contributed by atoms with Crippen LogP contribution in [0.2, 0.25) is 0 Å². The molecule has 0 heterocycles. The van der Waals surface area contributed by atoms with Gasteiger partial charge in [0.25, 0.3) is 0 Å². The zero-order valence-corrected chi connectivity index (χ0v) is 12.5. The van der Waals surface area contributed by atoms with Gasteiger partial charge in [-0.1, -0.05) is 0 Å². The van der Waals surface area contributed by atoms with E-state index in [1.165, 1.54) is 0 Å². The molecule has 0 nitrogen and oxygen atoms in total. The molecule has 2 aliphatic carbocycles. The van der Waals surface area contributed by atoms with Crippen LogP contribution in [-0.4, -0.2) is 0 Å². The first kappa shape index (κ1) is 17.6. The predicted octanol–water partition coefficient (Wildman–Crippen LogP) is 4.79. The van der Waals surface area contributed by atoms with Crippen molar-refractivity contribution in [3.05, 3.63) is 61.8 Å². The van der Waals surface area contributed by atoms with Gasteiger partial charge in [-0.2, -0.15) is 12.2 Å². The van der Waals surface area contributed by atoms with E-state index >= 15 is 0 Å². The van der Waals surface area contributed by atoms with Gasteiger partial charge in [0, 0.05) is 0 Å². The van der Waals surface area contributed by atoms with E-state index in [2.05, 4.69) is 37.5 Å². The molecule has 0 radical (unpaired) electrons. The minimum absolute atomic E-state index is 0.826. The Morgan fingerprint density at radius 1 is 0.933 bits per heavy atom. The van der Waals surface area contributed by atoms with Crippen molar-refractivity contribution >= 4 is 17.0 Å². The van der Waals surface area contributed by atoms with Crippen molar-refractivity contribution in [1.82, 2.24) is 0 Å². The van der Waals surface area contributed by atoms with Gasteiger partial charge in [0.05, 0.1) is 0 Å². The zero-order valence-electron chi connectivity index (χ0n) is 8.55. The van der Waals surface area contributed by atoms with Crippen LogP contribution in [0.3, 0.4) is 0 Å². The summed E-state index contributed by atoms with van der Waals surface area (Å²) in [5, 5.41) is 0. The van der Waals surface area contributed by atoms with E-state index < -0.39 is 20.8 Å². The Balaban J connectivity index is 0. The molecule has 0 aromatic heterocycles. The molecular formula is C12H14Cl2Zr. The molecule has 0 aromatic carbocycles. The second-order valence-electron chi connectivity index (χ2n) is 2.08. The number of allylic oxidation sites excluding steroid dienone is 8. The van der Waals surface area contributed by atoms with E-state index in [0.29, 0.717) is 0 Å². The number of halogens is 2. The van der Waals surface area contributed by atoms with E-state index in [-0.39, 0.29) is 0 Å². The summed E-state index contributed by atoms with van der Waals surface area (Å²) < 4.78 is 0. The Labute approximate surface area is 112 Å². The van der Waals surface area contributed by atoms with Gasteiger partial charge >= 0.3 is 37.9 Å². The second kappa shape index (κ2) is 19.7. The molecule has 2 rings (SSSR count). The van der Waals surface area contributed by atoms with Gasteiger partial charge in [0.2, 0.25) is 0 Å². The quantitative estimate of drug-likeness (QED) is 0.445. The van der Waals surface area contributed by atoms with Gasteiger partial charge in [-0.05, 0) is 0 Å². The molecule has 0 saturated heterocycles. The fourth-order valence-electron chi connectivity index (χ4n) is 0.680. The Bertz CT molecular complexity index is 176. The Morgan fingerprint density at radius 3 is 1.33 bits per heavy atom. The summed E-state index contributed by atoms with van der Waals surface area (Å²) in [6, 6.07) is 0. The summed E-state index contributed by atoms with van der Waals surface area (Å²) in [4.78, 5) is 0. The third-order valence-corrected chi connectivity index (χ3v) is 1.17. The number of hydrogen-bond donors (Lipinski definition) is 0. The van der Waals surface area contributed by atoms with Crippen molar-refractivity contribution in [3.8, 4) is 0 Å². The van der Waals surface area contributed by atoms with E-state index in [0.717, 1.165) is 12.8 Å². The molecule has 0 amide bonds. The molecule has 2 aliphatic rings. The fraction of sp³-hybridized carbons (Fsp3) is 0.167. The normalized spacial score (nSPS) is 12.7. The van der Waals surface area contributed by atoms with Crippen LogP contribution >= 0.6 is 17.0 Å². The molecule has 0 fully saturated rings. The molecular weight excluding hydrogens is 306 g/mol. The summed E-state index contributed by atoms with van der Waals surface area (Å²) in [6.45, 7) is 6.00. The third-order valence-electron chi connectivity index (χ3n) is 1.17. The van der Waals surface area contributed by atoms with Crippen LogP contribution in [0.4, 0.5) is 0 Å². The maximum atomic E-state index is 4.93. The van der Waals surface area contributed by atoms with Crippen LogP contribution in [0.1, 0.15) is 12.8 Å². The maximum absolute atomic E-state index is 4.93. The zero-order chi connectivity index (χ0) is 11.8.